The zero-order valence-electron chi connectivity index (χ0n) is 9.24. The third-order valence-corrected chi connectivity index (χ3v) is 2.86. The average Bonchev–Trinajstić information content (AvgIpc) is 2.81. The molecule has 2 amide bonds. The van der Waals surface area contributed by atoms with Crippen LogP contribution in [0, 0.1) is 0 Å². The fourth-order valence-electron chi connectivity index (χ4n) is 1.98. The lowest BCUT2D eigenvalue weighted by Crippen LogP contribution is -2.42. The van der Waals surface area contributed by atoms with Crippen molar-refractivity contribution in [3.63, 3.8) is 0 Å². The van der Waals surface area contributed by atoms with Gasteiger partial charge in [-0.25, -0.2) is 4.79 Å². The zero-order valence-corrected chi connectivity index (χ0v) is 9.24. The number of hydrogen-bond donors (Lipinski definition) is 2. The number of carbonyl (C=O) groups is 1. The third-order valence-electron chi connectivity index (χ3n) is 2.86. The molecule has 0 spiro atoms. The monoisotopic (exact) mass is 223 g/mol. The number of nitrogens with one attached hydrogen (secondary N) is 2. The van der Waals surface area contributed by atoms with Gasteiger partial charge < -0.3 is 15.2 Å². The molecule has 1 aliphatic carbocycles. The maximum Gasteiger partial charge on any atom is 0.315 e. The van der Waals surface area contributed by atoms with Crippen LogP contribution in [-0.2, 0) is 6.54 Å². The van der Waals surface area contributed by atoms with Gasteiger partial charge >= 0.3 is 6.03 Å². The Bertz CT molecular complexity index is 318. The number of aromatic nitrogens is 1. The zero-order chi connectivity index (χ0) is 11.2. The molecule has 0 saturated heterocycles. The van der Waals surface area contributed by atoms with E-state index in [1.807, 2.05) is 0 Å². The molecule has 88 valence electrons. The van der Waals surface area contributed by atoms with E-state index in [2.05, 4.69) is 20.3 Å². The Labute approximate surface area is 94.6 Å². The summed E-state index contributed by atoms with van der Waals surface area (Å²) < 4.78 is 4.68. The Morgan fingerprint density at radius 3 is 2.94 bits per heavy atom. The van der Waals surface area contributed by atoms with Gasteiger partial charge in [0.05, 0.1) is 6.54 Å². The van der Waals surface area contributed by atoms with Crippen molar-refractivity contribution in [1.82, 2.24) is 15.8 Å². The first-order valence-corrected chi connectivity index (χ1v) is 5.78. The highest BCUT2D eigenvalue weighted by atomic mass is 16.5. The van der Waals surface area contributed by atoms with Crippen molar-refractivity contribution in [2.45, 2.75) is 44.7 Å². The smallest absolute Gasteiger partial charge is 0.315 e. The lowest BCUT2D eigenvalue weighted by Gasteiger charge is -2.22. The molecule has 0 atom stereocenters. The van der Waals surface area contributed by atoms with Crippen molar-refractivity contribution < 1.29 is 9.32 Å². The van der Waals surface area contributed by atoms with E-state index < -0.39 is 0 Å². The van der Waals surface area contributed by atoms with Crippen LogP contribution in [0.2, 0.25) is 0 Å². The topological polar surface area (TPSA) is 67.2 Å². The molecule has 2 rings (SSSR count). The van der Waals surface area contributed by atoms with Crippen LogP contribution in [0.25, 0.3) is 0 Å². The quantitative estimate of drug-likeness (QED) is 0.821. The van der Waals surface area contributed by atoms with Crippen LogP contribution in [0.1, 0.15) is 37.8 Å². The molecule has 16 heavy (non-hydrogen) atoms. The highest BCUT2D eigenvalue weighted by Crippen LogP contribution is 2.17. The van der Waals surface area contributed by atoms with Crippen LogP contribution >= 0.6 is 0 Å². The molecule has 0 unspecified atom stereocenters. The highest BCUT2D eigenvalue weighted by Gasteiger charge is 2.15. The SMILES string of the molecule is O=C(NCc1ccon1)NC1CCCCC1. The second-order valence-corrected chi connectivity index (χ2v) is 4.15. The van der Waals surface area contributed by atoms with Gasteiger partial charge in [-0.2, -0.15) is 0 Å². The lowest BCUT2D eigenvalue weighted by molar-refractivity contribution is 0.232. The van der Waals surface area contributed by atoms with E-state index in [0.29, 0.717) is 12.6 Å². The van der Waals surface area contributed by atoms with Crippen LogP contribution in [0.5, 0.6) is 0 Å². The molecular weight excluding hydrogens is 206 g/mol. The summed E-state index contributed by atoms with van der Waals surface area (Å²) in [6.07, 6.45) is 7.41. The van der Waals surface area contributed by atoms with Gasteiger partial charge in [-0.1, -0.05) is 24.4 Å². The Morgan fingerprint density at radius 2 is 2.25 bits per heavy atom. The fourth-order valence-corrected chi connectivity index (χ4v) is 1.98. The molecule has 0 bridgehead atoms. The van der Waals surface area contributed by atoms with Crippen LogP contribution in [0.3, 0.4) is 0 Å². The molecule has 0 aromatic carbocycles. The van der Waals surface area contributed by atoms with E-state index in [4.69, 9.17) is 0 Å². The van der Waals surface area contributed by atoms with E-state index in [1.165, 1.54) is 25.5 Å². The van der Waals surface area contributed by atoms with Gasteiger partial charge in [-0.3, -0.25) is 0 Å². The normalized spacial score (nSPS) is 17.0. The van der Waals surface area contributed by atoms with E-state index >= 15 is 0 Å². The number of hydrogen-bond acceptors (Lipinski definition) is 3. The molecule has 1 aromatic rings. The number of carbonyl (C=O) groups excluding carboxylic acids is 1. The van der Waals surface area contributed by atoms with E-state index in [1.54, 1.807) is 6.07 Å². The minimum Gasteiger partial charge on any atom is -0.364 e. The summed E-state index contributed by atoms with van der Waals surface area (Å²) in [4.78, 5) is 11.5. The summed E-state index contributed by atoms with van der Waals surface area (Å²) in [7, 11) is 0. The summed E-state index contributed by atoms with van der Waals surface area (Å²) in [6, 6.07) is 1.96. The fraction of sp³-hybridized carbons (Fsp3) is 0.636. The van der Waals surface area contributed by atoms with Gasteiger partial charge in [0.15, 0.2) is 0 Å². The second kappa shape index (κ2) is 5.53. The number of amides is 2. The van der Waals surface area contributed by atoms with Gasteiger partial charge in [-0.15, -0.1) is 0 Å². The maximum absolute atomic E-state index is 11.5. The molecule has 0 radical (unpaired) electrons. The summed E-state index contributed by atoms with van der Waals surface area (Å²) >= 11 is 0. The predicted octanol–water partition coefficient (Wildman–Crippen LogP) is 1.81. The number of nitrogens with zero attached hydrogens (tertiary/aromatic N) is 1. The Kier molecular flexibility index (Phi) is 3.80. The van der Waals surface area contributed by atoms with Crippen molar-refractivity contribution in [1.29, 1.82) is 0 Å². The van der Waals surface area contributed by atoms with Crippen molar-refractivity contribution in [3.8, 4) is 0 Å². The van der Waals surface area contributed by atoms with Gasteiger partial charge in [0, 0.05) is 12.1 Å². The molecule has 5 heteroatoms. The summed E-state index contributed by atoms with van der Waals surface area (Å²) in [5.74, 6) is 0. The first-order valence-electron chi connectivity index (χ1n) is 5.78. The van der Waals surface area contributed by atoms with E-state index in [-0.39, 0.29) is 6.03 Å². The van der Waals surface area contributed by atoms with Crippen molar-refractivity contribution in [2.24, 2.45) is 0 Å². The second-order valence-electron chi connectivity index (χ2n) is 4.15. The van der Waals surface area contributed by atoms with E-state index in [0.717, 1.165) is 18.5 Å². The van der Waals surface area contributed by atoms with E-state index in [9.17, 15) is 4.79 Å². The summed E-state index contributed by atoms with van der Waals surface area (Å²) in [5, 5.41) is 9.45. The molecule has 1 saturated carbocycles. The standard InChI is InChI=1S/C11H17N3O2/c15-11(12-8-10-6-7-16-14-10)13-9-4-2-1-3-5-9/h6-7,9H,1-5,8H2,(H2,12,13,15). The Balaban J connectivity index is 1.67. The Morgan fingerprint density at radius 1 is 1.44 bits per heavy atom. The number of rotatable bonds is 3. The molecule has 5 nitrogen and oxygen atoms in total. The molecule has 1 aliphatic rings. The van der Waals surface area contributed by atoms with Gasteiger partial charge in [0.2, 0.25) is 0 Å². The third kappa shape index (κ3) is 3.25. The molecule has 1 fully saturated rings. The largest absolute Gasteiger partial charge is 0.364 e. The Hall–Kier alpha value is -1.52. The first kappa shape index (κ1) is 11.0. The van der Waals surface area contributed by atoms with Crippen LogP contribution in [0.4, 0.5) is 4.79 Å². The molecule has 1 heterocycles. The van der Waals surface area contributed by atoms with Gasteiger partial charge in [0.1, 0.15) is 12.0 Å². The summed E-state index contributed by atoms with van der Waals surface area (Å²) in [6.45, 7) is 0.412. The maximum atomic E-state index is 11.5. The van der Waals surface area contributed by atoms with Crippen molar-refractivity contribution >= 4 is 6.03 Å². The summed E-state index contributed by atoms with van der Waals surface area (Å²) in [5.41, 5.74) is 0.735. The van der Waals surface area contributed by atoms with Crippen LogP contribution in [0.15, 0.2) is 16.9 Å². The molecule has 2 N–H and O–H groups in total. The van der Waals surface area contributed by atoms with Gasteiger partial charge in [-0.05, 0) is 12.8 Å². The molecule has 1 aromatic heterocycles. The minimum atomic E-state index is -0.116. The highest BCUT2D eigenvalue weighted by molar-refractivity contribution is 5.74. The minimum absolute atomic E-state index is 0.116. The first-order chi connectivity index (χ1) is 7.84. The van der Waals surface area contributed by atoms with Crippen molar-refractivity contribution in [3.05, 3.63) is 18.0 Å². The lowest BCUT2D eigenvalue weighted by atomic mass is 9.96. The predicted molar refractivity (Wildman–Crippen MR) is 58.7 cm³/mol. The molecular formula is C11H17N3O2. The average molecular weight is 223 g/mol. The van der Waals surface area contributed by atoms with Gasteiger partial charge in [0.25, 0.3) is 0 Å². The van der Waals surface area contributed by atoms with Crippen LogP contribution < -0.4 is 10.6 Å². The van der Waals surface area contributed by atoms with Crippen LogP contribution in [-0.4, -0.2) is 17.2 Å². The van der Waals surface area contributed by atoms with Crippen molar-refractivity contribution in [2.75, 3.05) is 0 Å². The molecule has 0 aliphatic heterocycles. The number of urea groups is 1.